The van der Waals surface area contributed by atoms with Crippen molar-refractivity contribution in [2.75, 3.05) is 6.54 Å². The number of hydrogen-bond donors (Lipinski definition) is 1. The van der Waals surface area contributed by atoms with Gasteiger partial charge < -0.3 is 5.73 Å². The maximum absolute atomic E-state index is 5.72. The minimum absolute atomic E-state index is 0.614. The highest BCUT2D eigenvalue weighted by atomic mass is 79.9. The van der Waals surface area contributed by atoms with Crippen molar-refractivity contribution < 1.29 is 0 Å². The van der Waals surface area contributed by atoms with Gasteiger partial charge in [-0.25, -0.2) is 9.97 Å². The third kappa shape index (κ3) is 3.67. The predicted molar refractivity (Wildman–Crippen MR) is 92.2 cm³/mol. The van der Waals surface area contributed by atoms with Crippen LogP contribution in [0.3, 0.4) is 0 Å². The van der Waals surface area contributed by atoms with Gasteiger partial charge >= 0.3 is 0 Å². The molecule has 6 heteroatoms. The lowest BCUT2D eigenvalue weighted by molar-refractivity contribution is 0.842. The Morgan fingerprint density at radius 2 is 1.71 bits per heavy atom. The third-order valence-corrected chi connectivity index (χ3v) is 4.30. The Labute approximate surface area is 141 Å². The van der Waals surface area contributed by atoms with Gasteiger partial charge in [-0.2, -0.15) is 0 Å². The van der Waals surface area contributed by atoms with Crippen molar-refractivity contribution in [2.45, 2.75) is 33.1 Å². The molecule has 0 saturated carbocycles. The number of pyridine rings is 1. The van der Waals surface area contributed by atoms with E-state index in [1.807, 2.05) is 6.07 Å². The summed E-state index contributed by atoms with van der Waals surface area (Å²) in [5.41, 5.74) is 9.81. The van der Waals surface area contributed by atoms with Gasteiger partial charge in [0.15, 0.2) is 5.82 Å². The molecule has 21 heavy (non-hydrogen) atoms. The van der Waals surface area contributed by atoms with Crippen molar-refractivity contribution in [1.82, 2.24) is 15.0 Å². The van der Waals surface area contributed by atoms with Crippen LogP contribution < -0.4 is 5.73 Å². The standard InChI is InChI=1S/C15H18Br2N4/c1-3-12-10(5-6-18)13(4-2)21-15(20-12)14-11(17)7-9(16)8-19-14/h7-8H,3-6,18H2,1-2H3. The quantitative estimate of drug-likeness (QED) is 0.811. The van der Waals surface area contributed by atoms with Crippen LogP contribution in [0.2, 0.25) is 0 Å². The van der Waals surface area contributed by atoms with Gasteiger partial charge in [0.2, 0.25) is 0 Å². The van der Waals surface area contributed by atoms with Crippen LogP contribution in [-0.2, 0) is 19.3 Å². The molecule has 0 unspecified atom stereocenters. The molecular formula is C15H18Br2N4. The van der Waals surface area contributed by atoms with Gasteiger partial charge in [-0.1, -0.05) is 13.8 Å². The van der Waals surface area contributed by atoms with E-state index in [2.05, 4.69) is 50.7 Å². The molecule has 0 atom stereocenters. The van der Waals surface area contributed by atoms with Crippen LogP contribution in [0.1, 0.15) is 30.8 Å². The molecule has 2 rings (SSSR count). The van der Waals surface area contributed by atoms with Crippen LogP contribution in [-0.4, -0.2) is 21.5 Å². The summed E-state index contributed by atoms with van der Waals surface area (Å²) in [5, 5.41) is 0. The highest BCUT2D eigenvalue weighted by Crippen LogP contribution is 2.27. The van der Waals surface area contributed by atoms with E-state index in [4.69, 9.17) is 15.7 Å². The lowest BCUT2D eigenvalue weighted by Gasteiger charge is -2.13. The number of halogens is 2. The minimum Gasteiger partial charge on any atom is -0.330 e. The number of rotatable bonds is 5. The monoisotopic (exact) mass is 412 g/mol. The van der Waals surface area contributed by atoms with Gasteiger partial charge in [0.05, 0.1) is 0 Å². The molecule has 0 aliphatic heterocycles. The van der Waals surface area contributed by atoms with E-state index in [-0.39, 0.29) is 0 Å². The second-order valence-electron chi connectivity index (χ2n) is 4.65. The topological polar surface area (TPSA) is 64.7 Å². The Kier molecular flexibility index (Phi) is 5.84. The smallest absolute Gasteiger partial charge is 0.179 e. The van der Waals surface area contributed by atoms with Crippen LogP contribution in [0.4, 0.5) is 0 Å². The van der Waals surface area contributed by atoms with E-state index < -0.39 is 0 Å². The molecule has 0 radical (unpaired) electrons. The highest BCUT2D eigenvalue weighted by Gasteiger charge is 2.15. The molecule has 0 amide bonds. The Hall–Kier alpha value is -0.850. The third-order valence-electron chi connectivity index (χ3n) is 3.26. The lowest BCUT2D eigenvalue weighted by atomic mass is 10.0. The second-order valence-corrected chi connectivity index (χ2v) is 6.42. The molecule has 2 heterocycles. The molecule has 4 nitrogen and oxygen atoms in total. The first-order valence-electron chi connectivity index (χ1n) is 7.00. The molecule has 2 aromatic heterocycles. The average Bonchev–Trinajstić information content (AvgIpc) is 2.47. The first kappa shape index (κ1) is 16.5. The van der Waals surface area contributed by atoms with E-state index in [1.165, 1.54) is 5.56 Å². The Bertz CT molecular complexity index is 619. The summed E-state index contributed by atoms with van der Waals surface area (Å²) in [5.74, 6) is 0.670. The van der Waals surface area contributed by atoms with Crippen LogP contribution in [0.5, 0.6) is 0 Å². The largest absolute Gasteiger partial charge is 0.330 e. The molecule has 2 aromatic rings. The maximum atomic E-state index is 5.72. The SMILES string of the molecule is CCc1nc(-c2ncc(Br)cc2Br)nc(CC)c1CCN. The Balaban J connectivity index is 2.59. The zero-order chi connectivity index (χ0) is 15.4. The molecule has 0 fully saturated rings. The number of nitrogens with two attached hydrogens (primary N) is 1. The molecular weight excluding hydrogens is 396 g/mol. The van der Waals surface area contributed by atoms with Gasteiger partial charge in [0.25, 0.3) is 0 Å². The van der Waals surface area contributed by atoms with E-state index >= 15 is 0 Å². The fourth-order valence-electron chi connectivity index (χ4n) is 2.29. The zero-order valence-corrected chi connectivity index (χ0v) is 15.3. The Morgan fingerprint density at radius 1 is 1.10 bits per heavy atom. The minimum atomic E-state index is 0.614. The number of aromatic nitrogens is 3. The van der Waals surface area contributed by atoms with Crippen LogP contribution in [0, 0.1) is 0 Å². The average molecular weight is 414 g/mol. The first-order chi connectivity index (χ1) is 10.1. The summed E-state index contributed by atoms with van der Waals surface area (Å²) < 4.78 is 1.80. The lowest BCUT2D eigenvalue weighted by Crippen LogP contribution is -2.12. The summed E-state index contributed by atoms with van der Waals surface area (Å²) >= 11 is 6.94. The van der Waals surface area contributed by atoms with Crippen molar-refractivity contribution >= 4 is 31.9 Å². The second kappa shape index (κ2) is 7.42. The molecule has 0 aliphatic carbocycles. The van der Waals surface area contributed by atoms with Crippen LogP contribution in [0.15, 0.2) is 21.2 Å². The fraction of sp³-hybridized carbons (Fsp3) is 0.400. The molecule has 0 aromatic carbocycles. The van der Waals surface area contributed by atoms with Crippen molar-refractivity contribution in [1.29, 1.82) is 0 Å². The number of aryl methyl sites for hydroxylation is 2. The Morgan fingerprint density at radius 3 is 2.19 bits per heavy atom. The summed E-state index contributed by atoms with van der Waals surface area (Å²) in [6.07, 6.45) is 4.31. The highest BCUT2D eigenvalue weighted by molar-refractivity contribution is 9.11. The van der Waals surface area contributed by atoms with E-state index in [1.54, 1.807) is 6.20 Å². The van der Waals surface area contributed by atoms with Crippen molar-refractivity contribution in [2.24, 2.45) is 5.73 Å². The van der Waals surface area contributed by atoms with Gasteiger partial charge in [0.1, 0.15) is 5.69 Å². The molecule has 0 saturated heterocycles. The molecule has 2 N–H and O–H groups in total. The van der Waals surface area contributed by atoms with Crippen LogP contribution >= 0.6 is 31.9 Å². The summed E-state index contributed by atoms with van der Waals surface area (Å²) in [6.45, 7) is 4.83. The van der Waals surface area contributed by atoms with Crippen molar-refractivity contribution in [3.63, 3.8) is 0 Å². The summed E-state index contributed by atoms with van der Waals surface area (Å²) in [7, 11) is 0. The number of nitrogens with zero attached hydrogens (tertiary/aromatic N) is 3. The molecule has 0 spiro atoms. The van der Waals surface area contributed by atoms with E-state index in [0.717, 1.165) is 45.3 Å². The normalized spacial score (nSPS) is 10.9. The van der Waals surface area contributed by atoms with E-state index in [0.29, 0.717) is 12.4 Å². The van der Waals surface area contributed by atoms with Crippen LogP contribution in [0.25, 0.3) is 11.5 Å². The van der Waals surface area contributed by atoms with Gasteiger partial charge in [-0.05, 0) is 69.3 Å². The van der Waals surface area contributed by atoms with Crippen molar-refractivity contribution in [3.05, 3.63) is 38.2 Å². The maximum Gasteiger partial charge on any atom is 0.179 e. The molecule has 0 bridgehead atoms. The molecule has 112 valence electrons. The van der Waals surface area contributed by atoms with Gasteiger partial charge in [-0.15, -0.1) is 0 Å². The van der Waals surface area contributed by atoms with Gasteiger partial charge in [-0.3, -0.25) is 4.98 Å². The first-order valence-corrected chi connectivity index (χ1v) is 8.59. The zero-order valence-electron chi connectivity index (χ0n) is 12.2. The summed E-state index contributed by atoms with van der Waals surface area (Å²) in [6, 6.07) is 1.96. The summed E-state index contributed by atoms with van der Waals surface area (Å²) in [4.78, 5) is 13.8. The van der Waals surface area contributed by atoms with Gasteiger partial charge in [0, 0.05) is 26.5 Å². The van der Waals surface area contributed by atoms with Crippen molar-refractivity contribution in [3.8, 4) is 11.5 Å². The number of hydrogen-bond acceptors (Lipinski definition) is 4. The predicted octanol–water partition coefficient (Wildman–Crippen LogP) is 3.69. The fourth-order valence-corrected chi connectivity index (χ4v) is 3.45. The van der Waals surface area contributed by atoms with E-state index in [9.17, 15) is 0 Å². The molecule has 0 aliphatic rings.